The van der Waals surface area contributed by atoms with Gasteiger partial charge in [0.1, 0.15) is 5.82 Å². The Labute approximate surface area is 134 Å². The van der Waals surface area contributed by atoms with Crippen LogP contribution in [0.5, 0.6) is 0 Å². The highest BCUT2D eigenvalue weighted by molar-refractivity contribution is 6.31. The Morgan fingerprint density at radius 2 is 1.86 bits per heavy atom. The van der Waals surface area contributed by atoms with Crippen LogP contribution in [0.15, 0.2) is 42.5 Å². The van der Waals surface area contributed by atoms with E-state index >= 15 is 0 Å². The van der Waals surface area contributed by atoms with Gasteiger partial charge in [-0.1, -0.05) is 41.9 Å². The maximum atomic E-state index is 13.8. The first-order valence-corrected chi connectivity index (χ1v) is 7.58. The van der Waals surface area contributed by atoms with Crippen LogP contribution in [0.2, 0.25) is 5.02 Å². The fourth-order valence-electron chi connectivity index (χ4n) is 2.14. The van der Waals surface area contributed by atoms with Gasteiger partial charge in [-0.15, -0.1) is 11.6 Å². The standard InChI is InChI=1S/C17H17Cl2FO/c1-21-10-9-12-5-7-13(8-6-12)16(19)11-14-15(18)3-2-4-17(14)20/h2-8,16H,9-11H2,1H3. The zero-order valence-corrected chi connectivity index (χ0v) is 13.3. The van der Waals surface area contributed by atoms with Crippen LogP contribution in [-0.2, 0) is 17.6 Å². The summed E-state index contributed by atoms with van der Waals surface area (Å²) in [4.78, 5) is 0. The molecule has 112 valence electrons. The SMILES string of the molecule is COCCc1ccc(C(Cl)Cc2c(F)cccc2Cl)cc1. The minimum absolute atomic E-state index is 0.309. The second kappa shape index (κ2) is 7.79. The molecule has 21 heavy (non-hydrogen) atoms. The molecule has 1 nitrogen and oxygen atoms in total. The molecule has 0 amide bonds. The number of benzene rings is 2. The van der Waals surface area contributed by atoms with Crippen molar-refractivity contribution in [2.75, 3.05) is 13.7 Å². The molecule has 0 aliphatic carbocycles. The molecule has 0 aliphatic rings. The van der Waals surface area contributed by atoms with E-state index in [-0.39, 0.29) is 11.2 Å². The number of ether oxygens (including phenoxy) is 1. The number of rotatable bonds is 6. The summed E-state index contributed by atoms with van der Waals surface area (Å²) in [5.41, 5.74) is 2.60. The molecule has 0 aromatic heterocycles. The van der Waals surface area contributed by atoms with Crippen molar-refractivity contribution in [1.29, 1.82) is 0 Å². The summed E-state index contributed by atoms with van der Waals surface area (Å²) in [6, 6.07) is 12.7. The average Bonchev–Trinajstić information content (AvgIpc) is 2.49. The third-order valence-electron chi connectivity index (χ3n) is 3.38. The Morgan fingerprint density at radius 3 is 2.48 bits per heavy atom. The molecule has 0 N–H and O–H groups in total. The molecular formula is C17H17Cl2FO. The lowest BCUT2D eigenvalue weighted by Gasteiger charge is -2.12. The number of alkyl halides is 1. The highest BCUT2D eigenvalue weighted by Crippen LogP contribution is 2.30. The van der Waals surface area contributed by atoms with E-state index in [0.717, 1.165) is 12.0 Å². The van der Waals surface area contributed by atoms with Crippen LogP contribution >= 0.6 is 23.2 Å². The van der Waals surface area contributed by atoms with Crippen LogP contribution in [0, 0.1) is 5.82 Å². The van der Waals surface area contributed by atoms with E-state index in [4.69, 9.17) is 27.9 Å². The van der Waals surface area contributed by atoms with E-state index in [2.05, 4.69) is 0 Å². The van der Waals surface area contributed by atoms with Crippen molar-refractivity contribution in [1.82, 2.24) is 0 Å². The van der Waals surface area contributed by atoms with E-state index in [0.29, 0.717) is 23.6 Å². The van der Waals surface area contributed by atoms with Gasteiger partial charge in [-0.05, 0) is 36.1 Å². The van der Waals surface area contributed by atoms with E-state index in [1.807, 2.05) is 24.3 Å². The molecule has 1 atom stereocenters. The first-order chi connectivity index (χ1) is 10.1. The van der Waals surface area contributed by atoms with Gasteiger partial charge in [-0.25, -0.2) is 4.39 Å². The summed E-state index contributed by atoms with van der Waals surface area (Å²) in [6.45, 7) is 0.689. The van der Waals surface area contributed by atoms with Crippen LogP contribution in [0.25, 0.3) is 0 Å². The molecule has 0 heterocycles. The molecule has 4 heteroatoms. The minimum atomic E-state index is -0.315. The van der Waals surface area contributed by atoms with Crippen molar-refractivity contribution in [3.63, 3.8) is 0 Å². The summed E-state index contributed by atoms with van der Waals surface area (Å²) in [7, 11) is 1.68. The van der Waals surface area contributed by atoms with Crippen molar-refractivity contribution in [2.45, 2.75) is 18.2 Å². The Kier molecular flexibility index (Phi) is 6.04. The minimum Gasteiger partial charge on any atom is -0.384 e. The fraction of sp³-hybridized carbons (Fsp3) is 0.294. The van der Waals surface area contributed by atoms with Crippen LogP contribution in [-0.4, -0.2) is 13.7 Å². The largest absolute Gasteiger partial charge is 0.384 e. The Balaban J connectivity index is 2.08. The first-order valence-electron chi connectivity index (χ1n) is 6.76. The van der Waals surface area contributed by atoms with Crippen LogP contribution in [0.4, 0.5) is 4.39 Å². The summed E-state index contributed by atoms with van der Waals surface area (Å²) < 4.78 is 18.8. The number of hydrogen-bond donors (Lipinski definition) is 0. The molecule has 0 fully saturated rings. The predicted molar refractivity (Wildman–Crippen MR) is 85.7 cm³/mol. The van der Waals surface area contributed by atoms with Crippen molar-refractivity contribution < 1.29 is 9.13 Å². The third kappa shape index (κ3) is 4.44. The molecule has 0 spiro atoms. The van der Waals surface area contributed by atoms with Gasteiger partial charge in [0, 0.05) is 17.7 Å². The van der Waals surface area contributed by atoms with E-state index in [9.17, 15) is 4.39 Å². The molecule has 0 bridgehead atoms. The second-order valence-electron chi connectivity index (χ2n) is 4.86. The van der Waals surface area contributed by atoms with Gasteiger partial charge in [0.2, 0.25) is 0 Å². The number of halogens is 3. The lowest BCUT2D eigenvalue weighted by molar-refractivity contribution is 0.202. The van der Waals surface area contributed by atoms with Gasteiger partial charge in [0.05, 0.1) is 12.0 Å². The summed E-state index contributed by atoms with van der Waals surface area (Å²) in [5.74, 6) is -0.315. The first kappa shape index (κ1) is 16.3. The Morgan fingerprint density at radius 1 is 1.14 bits per heavy atom. The zero-order valence-electron chi connectivity index (χ0n) is 11.8. The third-order valence-corrected chi connectivity index (χ3v) is 4.14. The topological polar surface area (TPSA) is 9.23 Å². The second-order valence-corrected chi connectivity index (χ2v) is 5.79. The van der Waals surface area contributed by atoms with E-state index in [1.165, 1.54) is 11.6 Å². The molecule has 1 unspecified atom stereocenters. The maximum absolute atomic E-state index is 13.8. The van der Waals surface area contributed by atoms with Gasteiger partial charge in [-0.3, -0.25) is 0 Å². The number of methoxy groups -OCH3 is 1. The van der Waals surface area contributed by atoms with Crippen molar-refractivity contribution in [3.8, 4) is 0 Å². The molecule has 2 aromatic rings. The van der Waals surface area contributed by atoms with Crippen molar-refractivity contribution in [3.05, 3.63) is 70.0 Å². The lowest BCUT2D eigenvalue weighted by atomic mass is 10.0. The molecular weight excluding hydrogens is 310 g/mol. The van der Waals surface area contributed by atoms with Crippen molar-refractivity contribution >= 4 is 23.2 Å². The van der Waals surface area contributed by atoms with Crippen LogP contribution in [0.3, 0.4) is 0 Å². The molecule has 0 saturated carbocycles. The van der Waals surface area contributed by atoms with E-state index in [1.54, 1.807) is 19.2 Å². The fourth-order valence-corrected chi connectivity index (χ4v) is 2.68. The van der Waals surface area contributed by atoms with Crippen LogP contribution < -0.4 is 0 Å². The summed E-state index contributed by atoms with van der Waals surface area (Å²) >= 11 is 12.4. The molecule has 0 aliphatic heterocycles. The molecule has 0 radical (unpaired) electrons. The maximum Gasteiger partial charge on any atom is 0.127 e. The molecule has 2 aromatic carbocycles. The Bertz CT molecular complexity index is 564. The molecule has 0 saturated heterocycles. The normalized spacial score (nSPS) is 12.4. The lowest BCUT2D eigenvalue weighted by Crippen LogP contribution is -2.00. The van der Waals surface area contributed by atoms with Gasteiger partial charge in [-0.2, -0.15) is 0 Å². The monoisotopic (exact) mass is 326 g/mol. The average molecular weight is 327 g/mol. The van der Waals surface area contributed by atoms with E-state index < -0.39 is 0 Å². The highest BCUT2D eigenvalue weighted by atomic mass is 35.5. The predicted octanol–water partition coefficient (Wildman–Crippen LogP) is 5.19. The van der Waals surface area contributed by atoms with Gasteiger partial charge < -0.3 is 4.74 Å². The van der Waals surface area contributed by atoms with Crippen LogP contribution in [0.1, 0.15) is 22.1 Å². The molecule has 2 rings (SSSR count). The summed E-state index contributed by atoms with van der Waals surface area (Å²) in [5, 5.41) is 0.105. The smallest absolute Gasteiger partial charge is 0.127 e. The van der Waals surface area contributed by atoms with Gasteiger partial charge >= 0.3 is 0 Å². The quantitative estimate of drug-likeness (QED) is 0.664. The van der Waals surface area contributed by atoms with Crippen molar-refractivity contribution in [2.24, 2.45) is 0 Å². The van der Waals surface area contributed by atoms with Gasteiger partial charge in [0.25, 0.3) is 0 Å². The number of hydrogen-bond acceptors (Lipinski definition) is 1. The highest BCUT2D eigenvalue weighted by Gasteiger charge is 2.14. The zero-order chi connectivity index (χ0) is 15.2. The summed E-state index contributed by atoms with van der Waals surface area (Å²) in [6.07, 6.45) is 1.23. The van der Waals surface area contributed by atoms with Gasteiger partial charge in [0.15, 0.2) is 0 Å². The Hall–Kier alpha value is -1.09.